The molecule has 25 heavy (non-hydrogen) atoms. The van der Waals surface area contributed by atoms with E-state index < -0.39 is 0 Å². The van der Waals surface area contributed by atoms with Gasteiger partial charge in [-0.05, 0) is 37.5 Å². The van der Waals surface area contributed by atoms with Crippen LogP contribution in [0, 0.1) is 0 Å². The number of carbonyl (C=O) groups excluding carboxylic acids is 1. The Labute approximate surface area is 147 Å². The number of aromatic nitrogens is 2. The number of rotatable bonds is 9. The number of ether oxygens (including phenoxy) is 1. The van der Waals surface area contributed by atoms with Gasteiger partial charge >= 0.3 is 5.97 Å². The Balaban J connectivity index is 2.10. The number of esters is 1. The summed E-state index contributed by atoms with van der Waals surface area (Å²) >= 11 is 0. The van der Waals surface area contributed by atoms with Gasteiger partial charge in [-0.25, -0.2) is 9.78 Å². The van der Waals surface area contributed by atoms with Crippen molar-refractivity contribution in [3.8, 4) is 0 Å². The molecule has 2 rings (SSSR count). The molecule has 0 saturated carbocycles. The quantitative estimate of drug-likeness (QED) is 0.534. The molecule has 1 heterocycles. The van der Waals surface area contributed by atoms with Gasteiger partial charge in [0.2, 0.25) is 5.95 Å². The number of aryl methyl sites for hydroxylation is 1. The first-order chi connectivity index (χ1) is 12.1. The Morgan fingerprint density at radius 2 is 2.00 bits per heavy atom. The lowest BCUT2D eigenvalue weighted by Crippen LogP contribution is -2.12. The number of nitrogens with zero attached hydrogens (tertiary/aromatic N) is 1. The molecule has 134 valence electrons. The number of carbonyl (C=O) groups is 1. The highest BCUT2D eigenvalue weighted by atomic mass is 16.5. The Kier molecular flexibility index (Phi) is 7.19. The molecule has 6 nitrogen and oxygen atoms in total. The first kappa shape index (κ1) is 18.7. The predicted octanol–water partition coefficient (Wildman–Crippen LogP) is 3.81. The molecule has 1 aromatic heterocycles. The molecule has 0 aliphatic rings. The van der Waals surface area contributed by atoms with E-state index in [-0.39, 0.29) is 11.5 Å². The van der Waals surface area contributed by atoms with E-state index in [1.54, 1.807) is 18.2 Å². The molecule has 0 fully saturated rings. The molecule has 0 amide bonds. The van der Waals surface area contributed by atoms with Crippen LogP contribution in [0.4, 0.5) is 11.6 Å². The van der Waals surface area contributed by atoms with Gasteiger partial charge in [0.1, 0.15) is 0 Å². The Morgan fingerprint density at radius 3 is 2.76 bits per heavy atom. The zero-order valence-corrected chi connectivity index (χ0v) is 14.8. The second-order valence-electron chi connectivity index (χ2n) is 5.88. The predicted molar refractivity (Wildman–Crippen MR) is 98.4 cm³/mol. The van der Waals surface area contributed by atoms with Crippen LogP contribution in [0.5, 0.6) is 0 Å². The number of H-pyrrole nitrogens is 1. The molecular formula is C19H25N3O3. The second-order valence-corrected chi connectivity index (χ2v) is 5.88. The molecule has 2 aromatic rings. The van der Waals surface area contributed by atoms with Crippen molar-refractivity contribution in [2.24, 2.45) is 0 Å². The minimum Gasteiger partial charge on any atom is -0.462 e. The number of unbranched alkanes of at least 4 members (excludes halogenated alkanes) is 2. The number of aromatic amines is 1. The fraction of sp³-hybridized carbons (Fsp3) is 0.421. The average Bonchev–Trinajstić information content (AvgIpc) is 2.60. The van der Waals surface area contributed by atoms with Crippen molar-refractivity contribution in [3.05, 3.63) is 51.9 Å². The van der Waals surface area contributed by atoms with E-state index in [0.717, 1.165) is 37.8 Å². The third kappa shape index (κ3) is 6.06. The highest BCUT2D eigenvalue weighted by molar-refractivity contribution is 5.90. The van der Waals surface area contributed by atoms with E-state index in [1.807, 2.05) is 13.0 Å². The minimum atomic E-state index is -0.352. The fourth-order valence-electron chi connectivity index (χ4n) is 2.31. The smallest absolute Gasteiger partial charge is 0.338 e. The highest BCUT2D eigenvalue weighted by Gasteiger charge is 2.08. The van der Waals surface area contributed by atoms with Crippen molar-refractivity contribution < 1.29 is 9.53 Å². The van der Waals surface area contributed by atoms with Gasteiger partial charge in [-0.3, -0.25) is 9.78 Å². The van der Waals surface area contributed by atoms with Gasteiger partial charge in [-0.2, -0.15) is 0 Å². The average molecular weight is 343 g/mol. The zero-order chi connectivity index (χ0) is 18.1. The van der Waals surface area contributed by atoms with Crippen LogP contribution >= 0.6 is 0 Å². The van der Waals surface area contributed by atoms with Gasteiger partial charge in [-0.1, -0.05) is 32.8 Å². The van der Waals surface area contributed by atoms with Crippen molar-refractivity contribution in [2.45, 2.75) is 46.0 Å². The maximum absolute atomic E-state index is 12.0. The zero-order valence-electron chi connectivity index (χ0n) is 14.8. The summed E-state index contributed by atoms with van der Waals surface area (Å²) in [6.45, 7) is 4.56. The number of benzene rings is 1. The third-order valence-electron chi connectivity index (χ3n) is 3.67. The van der Waals surface area contributed by atoms with Crippen LogP contribution in [0.15, 0.2) is 35.1 Å². The molecule has 6 heteroatoms. The number of nitrogens with one attached hydrogen (secondary N) is 2. The molecule has 0 spiro atoms. The molecule has 0 aliphatic heterocycles. The SMILES string of the molecule is CCCCOC(=O)c1cccc(Nc2nc(CCCC)cc(=O)[nH]2)c1. The molecule has 0 radical (unpaired) electrons. The lowest BCUT2D eigenvalue weighted by molar-refractivity contribution is 0.0500. The summed E-state index contributed by atoms with van der Waals surface area (Å²) in [4.78, 5) is 30.9. The lowest BCUT2D eigenvalue weighted by Gasteiger charge is -2.09. The molecule has 0 unspecified atom stereocenters. The fourth-order valence-corrected chi connectivity index (χ4v) is 2.31. The summed E-state index contributed by atoms with van der Waals surface area (Å²) in [5.41, 5.74) is 1.69. The standard InChI is InChI=1S/C19H25N3O3/c1-3-5-9-16-13-17(23)22-19(21-16)20-15-10-7-8-14(12-15)18(24)25-11-6-4-2/h7-8,10,12-13H,3-6,9,11H2,1-2H3,(H2,20,21,22,23). The van der Waals surface area contributed by atoms with Crippen LogP contribution in [-0.2, 0) is 11.2 Å². The van der Waals surface area contributed by atoms with Crippen LogP contribution in [0.1, 0.15) is 55.6 Å². The van der Waals surface area contributed by atoms with E-state index in [0.29, 0.717) is 23.8 Å². The highest BCUT2D eigenvalue weighted by Crippen LogP contribution is 2.15. The topological polar surface area (TPSA) is 84.1 Å². The maximum Gasteiger partial charge on any atom is 0.338 e. The molecule has 2 N–H and O–H groups in total. The second kappa shape index (κ2) is 9.61. The van der Waals surface area contributed by atoms with E-state index in [1.165, 1.54) is 6.07 Å². The van der Waals surface area contributed by atoms with Crippen molar-refractivity contribution >= 4 is 17.6 Å². The molecule has 1 aromatic carbocycles. The van der Waals surface area contributed by atoms with Gasteiger partial charge in [0.25, 0.3) is 5.56 Å². The van der Waals surface area contributed by atoms with Crippen molar-refractivity contribution in [1.82, 2.24) is 9.97 Å². The monoisotopic (exact) mass is 343 g/mol. The lowest BCUT2D eigenvalue weighted by atomic mass is 10.2. The molecule has 0 atom stereocenters. The largest absolute Gasteiger partial charge is 0.462 e. The van der Waals surface area contributed by atoms with Gasteiger partial charge in [0.05, 0.1) is 12.2 Å². The summed E-state index contributed by atoms with van der Waals surface area (Å²) in [7, 11) is 0. The summed E-state index contributed by atoms with van der Waals surface area (Å²) in [5, 5.41) is 3.05. The Bertz CT molecular complexity index is 756. The van der Waals surface area contributed by atoms with Crippen LogP contribution in [-0.4, -0.2) is 22.5 Å². The molecule has 0 aliphatic carbocycles. The molecular weight excluding hydrogens is 318 g/mol. The number of anilines is 2. The summed E-state index contributed by atoms with van der Waals surface area (Å²) in [6.07, 6.45) is 4.61. The van der Waals surface area contributed by atoms with Gasteiger partial charge < -0.3 is 10.1 Å². The van der Waals surface area contributed by atoms with Crippen molar-refractivity contribution in [2.75, 3.05) is 11.9 Å². The van der Waals surface area contributed by atoms with Gasteiger partial charge in [0.15, 0.2) is 0 Å². The van der Waals surface area contributed by atoms with Gasteiger partial charge in [-0.15, -0.1) is 0 Å². The van der Waals surface area contributed by atoms with Crippen molar-refractivity contribution in [3.63, 3.8) is 0 Å². The maximum atomic E-state index is 12.0. The third-order valence-corrected chi connectivity index (χ3v) is 3.67. The van der Waals surface area contributed by atoms with Crippen LogP contribution in [0.25, 0.3) is 0 Å². The summed E-state index contributed by atoms with van der Waals surface area (Å²) in [6, 6.07) is 8.47. The van der Waals surface area contributed by atoms with E-state index in [4.69, 9.17) is 4.74 Å². The van der Waals surface area contributed by atoms with Crippen LogP contribution in [0.3, 0.4) is 0 Å². The first-order valence-corrected chi connectivity index (χ1v) is 8.76. The van der Waals surface area contributed by atoms with Crippen LogP contribution in [0.2, 0.25) is 0 Å². The first-order valence-electron chi connectivity index (χ1n) is 8.76. The Morgan fingerprint density at radius 1 is 1.20 bits per heavy atom. The van der Waals surface area contributed by atoms with Crippen molar-refractivity contribution in [1.29, 1.82) is 0 Å². The number of hydrogen-bond donors (Lipinski definition) is 2. The van der Waals surface area contributed by atoms with E-state index in [2.05, 4.69) is 22.2 Å². The summed E-state index contributed by atoms with van der Waals surface area (Å²) < 4.78 is 5.22. The van der Waals surface area contributed by atoms with E-state index >= 15 is 0 Å². The minimum absolute atomic E-state index is 0.196. The number of hydrogen-bond acceptors (Lipinski definition) is 5. The van der Waals surface area contributed by atoms with E-state index in [9.17, 15) is 9.59 Å². The molecule has 0 bridgehead atoms. The van der Waals surface area contributed by atoms with Crippen LogP contribution < -0.4 is 10.9 Å². The Hall–Kier alpha value is -2.63. The summed E-state index contributed by atoms with van der Waals surface area (Å²) in [5.74, 6) is 0.0188. The normalized spacial score (nSPS) is 10.5. The van der Waals surface area contributed by atoms with Gasteiger partial charge in [0, 0.05) is 17.4 Å². The molecule has 0 saturated heterocycles.